The van der Waals surface area contributed by atoms with Gasteiger partial charge in [-0.3, -0.25) is 4.79 Å². The lowest BCUT2D eigenvalue weighted by Crippen LogP contribution is -2.37. The van der Waals surface area contributed by atoms with Crippen LogP contribution in [0.2, 0.25) is 0 Å². The van der Waals surface area contributed by atoms with Crippen LogP contribution >= 0.6 is 0 Å². The second-order valence-electron chi connectivity index (χ2n) is 6.65. The molecule has 2 aromatic heterocycles. The maximum absolute atomic E-state index is 12.4. The van der Waals surface area contributed by atoms with Crippen molar-refractivity contribution in [3.05, 3.63) is 59.9 Å². The molecule has 27 heavy (non-hydrogen) atoms. The standard InChI is InChI=1S/C20H21N5O2/c1-13-18(22-14(2)27-13)19(26)23-16-9-11-25(12-16)20-21-10-8-17(24-20)15-6-4-3-5-7-15/h3-8,10,16H,9,11-12H2,1-2H3,(H,23,26). The molecular formula is C20H21N5O2. The molecule has 7 heteroatoms. The topological polar surface area (TPSA) is 84.2 Å². The van der Waals surface area contributed by atoms with Crippen molar-refractivity contribution >= 4 is 11.9 Å². The van der Waals surface area contributed by atoms with E-state index in [-0.39, 0.29) is 11.9 Å². The smallest absolute Gasteiger partial charge is 0.273 e. The molecule has 7 nitrogen and oxygen atoms in total. The number of aryl methyl sites for hydroxylation is 2. The Morgan fingerprint density at radius 3 is 2.74 bits per heavy atom. The van der Waals surface area contributed by atoms with Crippen LogP contribution in [0.3, 0.4) is 0 Å². The van der Waals surface area contributed by atoms with E-state index in [0.29, 0.717) is 29.8 Å². The van der Waals surface area contributed by atoms with Gasteiger partial charge in [-0.15, -0.1) is 0 Å². The van der Waals surface area contributed by atoms with Crippen LogP contribution in [0.25, 0.3) is 11.3 Å². The van der Waals surface area contributed by atoms with Gasteiger partial charge in [0.1, 0.15) is 5.76 Å². The monoisotopic (exact) mass is 363 g/mol. The number of hydrogen-bond acceptors (Lipinski definition) is 6. The summed E-state index contributed by atoms with van der Waals surface area (Å²) in [5.74, 6) is 1.52. The molecule has 138 valence electrons. The van der Waals surface area contributed by atoms with E-state index in [0.717, 1.165) is 24.2 Å². The molecular weight excluding hydrogens is 342 g/mol. The Balaban J connectivity index is 1.44. The first-order chi connectivity index (χ1) is 13.1. The highest BCUT2D eigenvalue weighted by molar-refractivity contribution is 5.93. The Kier molecular flexibility index (Phi) is 4.58. The maximum Gasteiger partial charge on any atom is 0.273 e. The van der Waals surface area contributed by atoms with Gasteiger partial charge in [0.15, 0.2) is 11.6 Å². The van der Waals surface area contributed by atoms with Crippen molar-refractivity contribution in [2.45, 2.75) is 26.3 Å². The van der Waals surface area contributed by atoms with Gasteiger partial charge in [-0.1, -0.05) is 30.3 Å². The molecule has 1 aliphatic rings. The summed E-state index contributed by atoms with van der Waals surface area (Å²) in [4.78, 5) is 27.8. The van der Waals surface area contributed by atoms with Gasteiger partial charge in [0.25, 0.3) is 5.91 Å². The maximum atomic E-state index is 12.4. The van der Waals surface area contributed by atoms with Gasteiger partial charge in [0, 0.05) is 37.8 Å². The summed E-state index contributed by atoms with van der Waals surface area (Å²) in [6.45, 7) is 4.94. The number of amides is 1. The predicted molar refractivity (Wildman–Crippen MR) is 102 cm³/mol. The summed E-state index contributed by atoms with van der Waals surface area (Å²) in [6.07, 6.45) is 2.61. The van der Waals surface area contributed by atoms with Gasteiger partial charge >= 0.3 is 0 Å². The first kappa shape index (κ1) is 17.2. The summed E-state index contributed by atoms with van der Waals surface area (Å²) < 4.78 is 5.34. The van der Waals surface area contributed by atoms with Crippen LogP contribution in [0.15, 0.2) is 47.0 Å². The quantitative estimate of drug-likeness (QED) is 0.767. The van der Waals surface area contributed by atoms with Gasteiger partial charge in [0.2, 0.25) is 5.95 Å². The van der Waals surface area contributed by atoms with Gasteiger partial charge in [-0.25, -0.2) is 15.0 Å². The van der Waals surface area contributed by atoms with Gasteiger partial charge < -0.3 is 14.6 Å². The number of nitrogens with zero attached hydrogens (tertiary/aromatic N) is 4. The molecule has 0 radical (unpaired) electrons. The fourth-order valence-electron chi connectivity index (χ4n) is 3.32. The highest BCUT2D eigenvalue weighted by atomic mass is 16.4. The second-order valence-corrected chi connectivity index (χ2v) is 6.65. The molecule has 0 saturated carbocycles. The van der Waals surface area contributed by atoms with Crippen LogP contribution in [0.1, 0.15) is 28.6 Å². The van der Waals surface area contributed by atoms with Crippen molar-refractivity contribution in [2.24, 2.45) is 0 Å². The fourth-order valence-corrected chi connectivity index (χ4v) is 3.32. The Bertz CT molecular complexity index is 954. The van der Waals surface area contributed by atoms with Crippen LogP contribution in [0.5, 0.6) is 0 Å². The van der Waals surface area contributed by atoms with Crippen molar-refractivity contribution in [2.75, 3.05) is 18.0 Å². The van der Waals surface area contributed by atoms with E-state index >= 15 is 0 Å². The number of oxazole rings is 1. The van der Waals surface area contributed by atoms with E-state index in [4.69, 9.17) is 4.42 Å². The summed E-state index contributed by atoms with van der Waals surface area (Å²) in [6, 6.07) is 12.0. The van der Waals surface area contributed by atoms with E-state index < -0.39 is 0 Å². The third-order valence-corrected chi connectivity index (χ3v) is 4.64. The van der Waals surface area contributed by atoms with E-state index in [1.807, 2.05) is 36.4 Å². The zero-order valence-corrected chi connectivity index (χ0v) is 15.3. The number of carbonyl (C=O) groups excluding carboxylic acids is 1. The first-order valence-electron chi connectivity index (χ1n) is 8.98. The molecule has 3 aromatic rings. The third kappa shape index (κ3) is 3.67. The van der Waals surface area contributed by atoms with Crippen molar-refractivity contribution in [3.63, 3.8) is 0 Å². The minimum Gasteiger partial charge on any atom is -0.445 e. The lowest BCUT2D eigenvalue weighted by atomic mass is 10.1. The Labute approximate surface area is 157 Å². The third-order valence-electron chi connectivity index (χ3n) is 4.64. The number of anilines is 1. The highest BCUT2D eigenvalue weighted by Crippen LogP contribution is 2.21. The average molecular weight is 363 g/mol. The molecule has 1 aromatic carbocycles. The summed E-state index contributed by atoms with van der Waals surface area (Å²) in [5.41, 5.74) is 2.30. The van der Waals surface area contributed by atoms with Gasteiger partial charge in [-0.2, -0.15) is 0 Å². The summed E-state index contributed by atoms with van der Waals surface area (Å²) >= 11 is 0. The molecule has 1 saturated heterocycles. The number of aromatic nitrogens is 3. The van der Waals surface area contributed by atoms with E-state index in [1.54, 1.807) is 20.0 Å². The van der Waals surface area contributed by atoms with E-state index in [9.17, 15) is 4.79 Å². The van der Waals surface area contributed by atoms with Crippen LogP contribution in [-0.2, 0) is 0 Å². The van der Waals surface area contributed by atoms with Crippen molar-refractivity contribution < 1.29 is 9.21 Å². The Morgan fingerprint density at radius 2 is 2.00 bits per heavy atom. The Morgan fingerprint density at radius 1 is 1.19 bits per heavy atom. The van der Waals surface area contributed by atoms with Crippen LogP contribution < -0.4 is 10.2 Å². The molecule has 1 amide bonds. The van der Waals surface area contributed by atoms with Crippen LogP contribution in [0.4, 0.5) is 5.95 Å². The fraction of sp³-hybridized carbons (Fsp3) is 0.300. The van der Waals surface area contributed by atoms with Gasteiger partial charge in [-0.05, 0) is 19.4 Å². The second kappa shape index (κ2) is 7.19. The molecule has 1 N–H and O–H groups in total. The van der Waals surface area contributed by atoms with E-state index in [1.165, 1.54) is 0 Å². The minimum absolute atomic E-state index is 0.0258. The summed E-state index contributed by atoms with van der Waals surface area (Å²) in [5, 5.41) is 3.04. The highest BCUT2D eigenvalue weighted by Gasteiger charge is 2.27. The molecule has 4 rings (SSSR count). The normalized spacial score (nSPS) is 16.5. The van der Waals surface area contributed by atoms with Crippen LogP contribution in [-0.4, -0.2) is 40.0 Å². The SMILES string of the molecule is Cc1nc(C(=O)NC2CCN(c3nccc(-c4ccccc4)n3)C2)c(C)o1. The molecule has 1 unspecified atom stereocenters. The largest absolute Gasteiger partial charge is 0.445 e. The zero-order valence-electron chi connectivity index (χ0n) is 15.3. The van der Waals surface area contributed by atoms with Crippen molar-refractivity contribution in [1.82, 2.24) is 20.3 Å². The molecule has 1 fully saturated rings. The molecule has 0 spiro atoms. The van der Waals surface area contributed by atoms with Gasteiger partial charge in [0.05, 0.1) is 5.69 Å². The predicted octanol–water partition coefficient (Wildman–Crippen LogP) is 2.76. The Hall–Kier alpha value is -3.22. The number of rotatable bonds is 4. The number of nitrogens with one attached hydrogen (secondary N) is 1. The molecule has 1 atom stereocenters. The number of hydrogen-bond donors (Lipinski definition) is 1. The molecule has 1 aliphatic heterocycles. The number of carbonyl (C=O) groups is 1. The minimum atomic E-state index is -0.199. The molecule has 0 bridgehead atoms. The lowest BCUT2D eigenvalue weighted by molar-refractivity contribution is 0.0934. The van der Waals surface area contributed by atoms with E-state index in [2.05, 4.69) is 25.2 Å². The van der Waals surface area contributed by atoms with Crippen molar-refractivity contribution in [3.8, 4) is 11.3 Å². The lowest BCUT2D eigenvalue weighted by Gasteiger charge is -2.17. The average Bonchev–Trinajstić information content (AvgIpc) is 3.28. The first-order valence-corrected chi connectivity index (χ1v) is 8.98. The van der Waals surface area contributed by atoms with Crippen molar-refractivity contribution in [1.29, 1.82) is 0 Å². The van der Waals surface area contributed by atoms with Crippen LogP contribution in [0, 0.1) is 13.8 Å². The molecule has 3 heterocycles. The molecule has 0 aliphatic carbocycles. The summed E-state index contributed by atoms with van der Waals surface area (Å²) in [7, 11) is 0. The zero-order chi connectivity index (χ0) is 18.8. The number of benzene rings is 1.